The predicted molar refractivity (Wildman–Crippen MR) is 92.5 cm³/mol. The first-order valence-corrected chi connectivity index (χ1v) is 8.03. The largest absolute Gasteiger partial charge is 0.454 e. The average molecular weight is 342 g/mol. The molecule has 1 aromatic carbocycles. The number of nitrogens with zero attached hydrogens (tertiary/aromatic N) is 2. The van der Waals surface area contributed by atoms with Gasteiger partial charge in [0.25, 0.3) is 5.91 Å². The molecule has 5 nitrogen and oxygen atoms in total. The van der Waals surface area contributed by atoms with Crippen LogP contribution in [0.2, 0.25) is 0 Å². The maximum Gasteiger partial charge on any atom is 0.270 e. The Morgan fingerprint density at radius 1 is 1.22 bits per heavy atom. The zero-order valence-corrected chi connectivity index (χ0v) is 13.4. The molecule has 3 heterocycles. The molecule has 0 radical (unpaired) electrons. The van der Waals surface area contributed by atoms with Crippen molar-refractivity contribution in [3.63, 3.8) is 0 Å². The fourth-order valence-electron chi connectivity index (χ4n) is 2.31. The van der Waals surface area contributed by atoms with E-state index in [0.717, 1.165) is 5.69 Å². The molecule has 23 heavy (non-hydrogen) atoms. The summed E-state index contributed by atoms with van der Waals surface area (Å²) in [5.41, 5.74) is 1.39. The van der Waals surface area contributed by atoms with E-state index >= 15 is 0 Å². The molecular formula is C16H10N2O3S2. The van der Waals surface area contributed by atoms with E-state index in [9.17, 15) is 4.79 Å². The Morgan fingerprint density at radius 3 is 2.91 bits per heavy atom. The van der Waals surface area contributed by atoms with Crippen molar-refractivity contribution < 1.29 is 14.3 Å². The molecule has 1 saturated heterocycles. The fraction of sp³-hybridized carbons (Fsp3) is 0.0625. The highest BCUT2D eigenvalue weighted by Gasteiger charge is 2.34. The van der Waals surface area contributed by atoms with Crippen LogP contribution in [0, 0.1) is 0 Å². The van der Waals surface area contributed by atoms with Gasteiger partial charge in [-0.2, -0.15) is 0 Å². The first-order chi connectivity index (χ1) is 11.2. The highest BCUT2D eigenvalue weighted by molar-refractivity contribution is 8.27. The number of thiocarbonyl (C=S) groups is 1. The van der Waals surface area contributed by atoms with E-state index in [1.807, 2.05) is 18.2 Å². The maximum atomic E-state index is 12.7. The van der Waals surface area contributed by atoms with Crippen LogP contribution in [0.5, 0.6) is 11.5 Å². The minimum atomic E-state index is -0.162. The molecule has 0 unspecified atom stereocenters. The predicted octanol–water partition coefficient (Wildman–Crippen LogP) is 3.22. The Bertz CT molecular complexity index is 836. The SMILES string of the molecule is O=C1C(=Cc2ccccn2)SC(=S)N1c1ccc2c(c1)OCO2. The molecule has 0 spiro atoms. The second-order valence-electron chi connectivity index (χ2n) is 4.81. The Hall–Kier alpha value is -2.38. The summed E-state index contributed by atoms with van der Waals surface area (Å²) in [5.74, 6) is 1.12. The van der Waals surface area contributed by atoms with Gasteiger partial charge in [0.15, 0.2) is 15.8 Å². The summed E-state index contributed by atoms with van der Waals surface area (Å²) < 4.78 is 11.1. The lowest BCUT2D eigenvalue weighted by Gasteiger charge is -2.14. The standard InChI is InChI=1S/C16H10N2O3S2/c19-15-14(7-10-3-1-2-6-17-10)23-16(22)18(15)11-4-5-12-13(8-11)21-9-20-12/h1-8H,9H2. The number of amides is 1. The molecule has 2 aliphatic heterocycles. The van der Waals surface area contributed by atoms with E-state index in [2.05, 4.69) is 4.98 Å². The molecule has 0 atom stereocenters. The van der Waals surface area contributed by atoms with Crippen LogP contribution in [0.4, 0.5) is 5.69 Å². The van der Waals surface area contributed by atoms with Gasteiger partial charge in [0, 0.05) is 12.3 Å². The number of thioether (sulfide) groups is 1. The zero-order valence-electron chi connectivity index (χ0n) is 11.8. The van der Waals surface area contributed by atoms with Gasteiger partial charge in [-0.25, -0.2) is 0 Å². The lowest BCUT2D eigenvalue weighted by Crippen LogP contribution is -2.27. The van der Waals surface area contributed by atoms with Gasteiger partial charge < -0.3 is 9.47 Å². The molecule has 7 heteroatoms. The Morgan fingerprint density at radius 2 is 2.09 bits per heavy atom. The summed E-state index contributed by atoms with van der Waals surface area (Å²) in [6.07, 6.45) is 3.43. The number of aromatic nitrogens is 1. The number of hydrogen-bond donors (Lipinski definition) is 0. The molecule has 1 fully saturated rings. The van der Waals surface area contributed by atoms with Gasteiger partial charge in [0.1, 0.15) is 0 Å². The summed E-state index contributed by atoms with van der Waals surface area (Å²) in [7, 11) is 0. The van der Waals surface area contributed by atoms with E-state index in [1.54, 1.807) is 30.5 Å². The number of pyridine rings is 1. The minimum absolute atomic E-state index is 0.162. The van der Waals surface area contributed by atoms with Crippen molar-refractivity contribution in [2.45, 2.75) is 0 Å². The lowest BCUT2D eigenvalue weighted by molar-refractivity contribution is -0.113. The lowest BCUT2D eigenvalue weighted by atomic mass is 10.2. The summed E-state index contributed by atoms with van der Waals surface area (Å²) in [6, 6.07) is 10.9. The number of fused-ring (bicyclic) bond motifs is 1. The molecular weight excluding hydrogens is 332 g/mol. The second-order valence-corrected chi connectivity index (χ2v) is 6.49. The van der Waals surface area contributed by atoms with Gasteiger partial charge in [0.05, 0.1) is 16.3 Å². The number of hydrogen-bond acceptors (Lipinski definition) is 6. The van der Waals surface area contributed by atoms with Crippen molar-refractivity contribution >= 4 is 46.0 Å². The van der Waals surface area contributed by atoms with E-state index in [4.69, 9.17) is 21.7 Å². The first-order valence-electron chi connectivity index (χ1n) is 6.81. The van der Waals surface area contributed by atoms with E-state index in [-0.39, 0.29) is 12.7 Å². The van der Waals surface area contributed by atoms with E-state index < -0.39 is 0 Å². The average Bonchev–Trinajstić information content (AvgIpc) is 3.13. The number of benzene rings is 1. The summed E-state index contributed by atoms with van der Waals surface area (Å²) in [5, 5.41) is 0. The third-order valence-electron chi connectivity index (χ3n) is 3.37. The monoisotopic (exact) mass is 342 g/mol. The van der Waals surface area contributed by atoms with Crippen LogP contribution in [-0.4, -0.2) is 22.0 Å². The van der Waals surface area contributed by atoms with Gasteiger partial charge in [0.2, 0.25) is 6.79 Å². The number of ether oxygens (including phenoxy) is 2. The highest BCUT2D eigenvalue weighted by Crippen LogP contribution is 2.40. The summed E-state index contributed by atoms with van der Waals surface area (Å²) in [4.78, 5) is 18.9. The van der Waals surface area contributed by atoms with Crippen LogP contribution < -0.4 is 14.4 Å². The van der Waals surface area contributed by atoms with E-state index in [1.165, 1.54) is 16.7 Å². The van der Waals surface area contributed by atoms with Crippen LogP contribution >= 0.6 is 24.0 Å². The minimum Gasteiger partial charge on any atom is -0.454 e. The van der Waals surface area contributed by atoms with Crippen LogP contribution in [-0.2, 0) is 4.79 Å². The van der Waals surface area contributed by atoms with Crippen LogP contribution in [0.3, 0.4) is 0 Å². The fourth-order valence-corrected chi connectivity index (χ4v) is 3.59. The van der Waals surface area contributed by atoms with Crippen molar-refractivity contribution in [2.24, 2.45) is 0 Å². The van der Waals surface area contributed by atoms with E-state index in [0.29, 0.717) is 26.4 Å². The van der Waals surface area contributed by atoms with Gasteiger partial charge in [-0.05, 0) is 30.3 Å². The van der Waals surface area contributed by atoms with Crippen molar-refractivity contribution in [1.29, 1.82) is 0 Å². The quantitative estimate of drug-likeness (QED) is 0.617. The Kier molecular flexibility index (Phi) is 3.51. The maximum absolute atomic E-state index is 12.7. The number of rotatable bonds is 2. The molecule has 1 aromatic heterocycles. The number of carbonyl (C=O) groups excluding carboxylic acids is 1. The van der Waals surface area contributed by atoms with Crippen molar-refractivity contribution in [1.82, 2.24) is 4.98 Å². The van der Waals surface area contributed by atoms with Gasteiger partial charge >= 0.3 is 0 Å². The van der Waals surface area contributed by atoms with Crippen LogP contribution in [0.25, 0.3) is 6.08 Å². The Labute approximate surface area is 141 Å². The second kappa shape index (κ2) is 5.68. The molecule has 114 valence electrons. The summed E-state index contributed by atoms with van der Waals surface area (Å²) in [6.45, 7) is 0.191. The van der Waals surface area contributed by atoms with Gasteiger partial charge in [-0.15, -0.1) is 0 Å². The van der Waals surface area contributed by atoms with Crippen molar-refractivity contribution in [2.75, 3.05) is 11.7 Å². The van der Waals surface area contributed by atoms with Crippen LogP contribution in [0.1, 0.15) is 5.69 Å². The Balaban J connectivity index is 1.67. The third kappa shape index (κ3) is 2.58. The number of carbonyl (C=O) groups is 1. The molecule has 4 rings (SSSR count). The molecule has 0 bridgehead atoms. The van der Waals surface area contributed by atoms with Crippen LogP contribution in [0.15, 0.2) is 47.5 Å². The smallest absolute Gasteiger partial charge is 0.270 e. The topological polar surface area (TPSA) is 51.7 Å². The van der Waals surface area contributed by atoms with Gasteiger partial charge in [-0.3, -0.25) is 14.7 Å². The molecule has 0 N–H and O–H groups in total. The number of anilines is 1. The molecule has 0 aliphatic carbocycles. The molecule has 2 aromatic rings. The zero-order chi connectivity index (χ0) is 15.8. The first kappa shape index (κ1) is 14.2. The highest BCUT2D eigenvalue weighted by atomic mass is 32.2. The molecule has 2 aliphatic rings. The molecule has 1 amide bonds. The third-order valence-corrected chi connectivity index (χ3v) is 4.68. The normalized spacial score (nSPS) is 18.1. The summed E-state index contributed by atoms with van der Waals surface area (Å²) >= 11 is 6.62. The van der Waals surface area contributed by atoms with Gasteiger partial charge in [-0.1, -0.05) is 30.0 Å². The van der Waals surface area contributed by atoms with Crippen molar-refractivity contribution in [3.05, 3.63) is 53.2 Å². The molecule has 0 saturated carbocycles. The van der Waals surface area contributed by atoms with Crippen molar-refractivity contribution in [3.8, 4) is 11.5 Å².